The zero-order chi connectivity index (χ0) is 13.2. The molecule has 1 saturated carbocycles. The zero-order valence-corrected chi connectivity index (χ0v) is 11.4. The lowest BCUT2D eigenvalue weighted by atomic mass is 10.2. The molecule has 2 heterocycles. The third-order valence-corrected chi connectivity index (χ3v) is 4.23. The summed E-state index contributed by atoms with van der Waals surface area (Å²) in [5.74, 6) is -0.105. The molecule has 0 spiro atoms. The van der Waals surface area contributed by atoms with Gasteiger partial charge in [-0.25, -0.2) is 0 Å². The van der Waals surface area contributed by atoms with E-state index in [1.54, 1.807) is 17.9 Å². The summed E-state index contributed by atoms with van der Waals surface area (Å²) in [7, 11) is 1.77. The molecular weight excluding hydrogens is 242 g/mol. The van der Waals surface area contributed by atoms with Crippen molar-refractivity contribution in [2.75, 3.05) is 13.1 Å². The van der Waals surface area contributed by atoms with E-state index in [0.717, 1.165) is 25.6 Å². The van der Waals surface area contributed by atoms with Crippen molar-refractivity contribution < 1.29 is 4.79 Å². The average Bonchev–Trinajstić information content (AvgIpc) is 3.07. The number of aryl methyl sites for hydroxylation is 1. The normalized spacial score (nSPS) is 25.0. The molecule has 104 valence electrons. The van der Waals surface area contributed by atoms with Gasteiger partial charge in [-0.2, -0.15) is 0 Å². The first-order valence-corrected chi connectivity index (χ1v) is 7.13. The summed E-state index contributed by atoms with van der Waals surface area (Å²) in [6.07, 6.45) is 8.06. The van der Waals surface area contributed by atoms with Gasteiger partial charge in [0.15, 0.2) is 5.69 Å². The SMILES string of the molecule is Cn1cc(C(=O)NC2CCN(C3CCCC3)C2)nn1. The van der Waals surface area contributed by atoms with Gasteiger partial charge in [-0.05, 0) is 19.3 Å². The monoisotopic (exact) mass is 263 g/mol. The molecule has 0 radical (unpaired) electrons. The van der Waals surface area contributed by atoms with E-state index in [1.807, 2.05) is 0 Å². The molecule has 6 heteroatoms. The second-order valence-corrected chi connectivity index (χ2v) is 5.67. The smallest absolute Gasteiger partial charge is 0.273 e. The Hall–Kier alpha value is -1.43. The van der Waals surface area contributed by atoms with Gasteiger partial charge in [-0.3, -0.25) is 14.4 Å². The Labute approximate surface area is 113 Å². The lowest BCUT2D eigenvalue weighted by Gasteiger charge is -2.23. The van der Waals surface area contributed by atoms with E-state index in [4.69, 9.17) is 0 Å². The van der Waals surface area contributed by atoms with Crippen LogP contribution in [-0.2, 0) is 7.05 Å². The van der Waals surface area contributed by atoms with Crippen LogP contribution < -0.4 is 5.32 Å². The Bertz CT molecular complexity index is 452. The molecule has 2 aliphatic rings. The topological polar surface area (TPSA) is 63.1 Å². The van der Waals surface area contributed by atoms with Crippen LogP contribution in [0.25, 0.3) is 0 Å². The zero-order valence-electron chi connectivity index (χ0n) is 11.4. The van der Waals surface area contributed by atoms with Crippen molar-refractivity contribution in [2.45, 2.75) is 44.2 Å². The minimum absolute atomic E-state index is 0.105. The first-order chi connectivity index (χ1) is 9.22. The Morgan fingerprint density at radius 3 is 2.84 bits per heavy atom. The van der Waals surface area contributed by atoms with E-state index < -0.39 is 0 Å². The number of rotatable bonds is 3. The average molecular weight is 263 g/mol. The molecule has 0 bridgehead atoms. The van der Waals surface area contributed by atoms with Crippen molar-refractivity contribution in [2.24, 2.45) is 7.05 Å². The van der Waals surface area contributed by atoms with Crippen LogP contribution >= 0.6 is 0 Å². The Morgan fingerprint density at radius 1 is 1.37 bits per heavy atom. The minimum atomic E-state index is -0.105. The number of carbonyl (C=O) groups excluding carboxylic acids is 1. The maximum absolute atomic E-state index is 12.0. The Kier molecular flexibility index (Phi) is 3.50. The summed E-state index contributed by atoms with van der Waals surface area (Å²) in [4.78, 5) is 14.5. The highest BCUT2D eigenvalue weighted by molar-refractivity contribution is 5.92. The van der Waals surface area contributed by atoms with Crippen molar-refractivity contribution in [3.63, 3.8) is 0 Å². The predicted molar refractivity (Wildman–Crippen MR) is 70.7 cm³/mol. The molecule has 1 aromatic rings. The van der Waals surface area contributed by atoms with Crippen LogP contribution in [-0.4, -0.2) is 51.0 Å². The van der Waals surface area contributed by atoms with E-state index in [9.17, 15) is 4.79 Å². The van der Waals surface area contributed by atoms with Gasteiger partial charge in [-0.15, -0.1) is 5.10 Å². The summed E-state index contributed by atoms with van der Waals surface area (Å²) < 4.78 is 1.55. The summed E-state index contributed by atoms with van der Waals surface area (Å²) in [6, 6.07) is 1.01. The van der Waals surface area contributed by atoms with E-state index in [0.29, 0.717) is 5.69 Å². The van der Waals surface area contributed by atoms with Gasteiger partial charge in [0, 0.05) is 32.2 Å². The van der Waals surface area contributed by atoms with E-state index in [-0.39, 0.29) is 11.9 Å². The first kappa shape index (κ1) is 12.6. The molecule has 19 heavy (non-hydrogen) atoms. The third-order valence-electron chi connectivity index (χ3n) is 4.23. The highest BCUT2D eigenvalue weighted by Gasteiger charge is 2.30. The highest BCUT2D eigenvalue weighted by Crippen LogP contribution is 2.26. The number of likely N-dealkylation sites (tertiary alicyclic amines) is 1. The van der Waals surface area contributed by atoms with Crippen molar-refractivity contribution >= 4 is 5.91 Å². The third kappa shape index (κ3) is 2.78. The quantitative estimate of drug-likeness (QED) is 0.865. The Morgan fingerprint density at radius 2 is 2.16 bits per heavy atom. The summed E-state index contributed by atoms with van der Waals surface area (Å²) in [5.41, 5.74) is 0.404. The maximum atomic E-state index is 12.0. The van der Waals surface area contributed by atoms with E-state index in [2.05, 4.69) is 20.5 Å². The number of carbonyl (C=O) groups is 1. The van der Waals surface area contributed by atoms with Crippen molar-refractivity contribution in [3.8, 4) is 0 Å². The standard InChI is InChI=1S/C13H21N5O/c1-17-9-12(15-16-17)13(19)14-10-6-7-18(8-10)11-4-2-3-5-11/h9-11H,2-8H2,1H3,(H,14,19). The molecule has 1 atom stereocenters. The minimum Gasteiger partial charge on any atom is -0.347 e. The molecule has 1 aromatic heterocycles. The fraction of sp³-hybridized carbons (Fsp3) is 0.769. The van der Waals surface area contributed by atoms with Gasteiger partial charge in [0.25, 0.3) is 5.91 Å². The van der Waals surface area contributed by atoms with Crippen molar-refractivity contribution in [1.29, 1.82) is 0 Å². The molecule has 1 aliphatic carbocycles. The van der Waals surface area contributed by atoms with Gasteiger partial charge in [0.1, 0.15) is 0 Å². The summed E-state index contributed by atoms with van der Waals surface area (Å²) in [6.45, 7) is 2.09. The van der Waals surface area contributed by atoms with Crippen LogP contribution in [0, 0.1) is 0 Å². The molecule has 0 aromatic carbocycles. The Balaban J connectivity index is 1.52. The first-order valence-electron chi connectivity index (χ1n) is 7.13. The van der Waals surface area contributed by atoms with Crippen LogP contribution in [0.3, 0.4) is 0 Å². The van der Waals surface area contributed by atoms with Crippen molar-refractivity contribution in [1.82, 2.24) is 25.2 Å². The number of nitrogens with zero attached hydrogens (tertiary/aromatic N) is 4. The van der Waals surface area contributed by atoms with E-state index >= 15 is 0 Å². The number of hydrogen-bond donors (Lipinski definition) is 1. The molecule has 1 aliphatic heterocycles. The number of hydrogen-bond acceptors (Lipinski definition) is 4. The van der Waals surface area contributed by atoms with Crippen LogP contribution in [0.1, 0.15) is 42.6 Å². The lowest BCUT2D eigenvalue weighted by Crippen LogP contribution is -2.39. The second kappa shape index (κ2) is 5.28. The van der Waals surface area contributed by atoms with Gasteiger partial charge >= 0.3 is 0 Å². The molecule has 1 saturated heterocycles. The molecule has 3 rings (SSSR count). The highest BCUT2D eigenvalue weighted by atomic mass is 16.2. The maximum Gasteiger partial charge on any atom is 0.273 e. The van der Waals surface area contributed by atoms with Gasteiger partial charge in [0.2, 0.25) is 0 Å². The van der Waals surface area contributed by atoms with Crippen molar-refractivity contribution in [3.05, 3.63) is 11.9 Å². The summed E-state index contributed by atoms with van der Waals surface area (Å²) in [5, 5.41) is 10.7. The van der Waals surface area contributed by atoms with Gasteiger partial charge in [0.05, 0.1) is 6.20 Å². The molecular formula is C13H21N5O. The summed E-state index contributed by atoms with van der Waals surface area (Å²) >= 11 is 0. The number of nitrogens with one attached hydrogen (secondary N) is 1. The molecule has 6 nitrogen and oxygen atoms in total. The fourth-order valence-corrected chi connectivity index (χ4v) is 3.22. The fourth-order valence-electron chi connectivity index (χ4n) is 3.22. The molecule has 1 unspecified atom stereocenters. The van der Waals surface area contributed by atoms with Crippen LogP contribution in [0.5, 0.6) is 0 Å². The number of aromatic nitrogens is 3. The van der Waals surface area contributed by atoms with Crippen LogP contribution in [0.4, 0.5) is 0 Å². The van der Waals surface area contributed by atoms with Gasteiger partial charge in [-0.1, -0.05) is 18.1 Å². The second-order valence-electron chi connectivity index (χ2n) is 5.67. The molecule has 1 amide bonds. The predicted octanol–water partition coefficient (Wildman–Crippen LogP) is 0.562. The van der Waals surface area contributed by atoms with Crippen LogP contribution in [0.15, 0.2) is 6.20 Å². The van der Waals surface area contributed by atoms with Crippen LogP contribution in [0.2, 0.25) is 0 Å². The largest absolute Gasteiger partial charge is 0.347 e. The van der Waals surface area contributed by atoms with Gasteiger partial charge < -0.3 is 5.32 Å². The lowest BCUT2D eigenvalue weighted by molar-refractivity contribution is 0.0931. The molecule has 2 fully saturated rings. The number of amides is 1. The molecule has 1 N–H and O–H groups in total. The van der Waals surface area contributed by atoms with E-state index in [1.165, 1.54) is 25.7 Å².